The van der Waals surface area contributed by atoms with Crippen LogP contribution in [0.4, 0.5) is 10.3 Å². The Balaban J connectivity index is 1.90. The van der Waals surface area contributed by atoms with Crippen molar-refractivity contribution in [2.75, 3.05) is 5.32 Å². The maximum absolute atomic E-state index is 13.4. The third kappa shape index (κ3) is 3.83. The molecule has 0 fully saturated rings. The third-order valence-corrected chi connectivity index (χ3v) is 3.76. The van der Waals surface area contributed by atoms with Gasteiger partial charge in [-0.3, -0.25) is 0 Å². The van der Waals surface area contributed by atoms with Gasteiger partial charge in [-0.15, -0.1) is 0 Å². The van der Waals surface area contributed by atoms with Gasteiger partial charge in [0.25, 0.3) is 0 Å². The largest absolute Gasteiger partial charge is 0.347 e. The van der Waals surface area contributed by atoms with Gasteiger partial charge in [-0.2, -0.15) is 0 Å². The Morgan fingerprint density at radius 1 is 1.09 bits per heavy atom. The fourth-order valence-electron chi connectivity index (χ4n) is 2.66. The molecule has 1 heterocycles. The highest BCUT2D eigenvalue weighted by Gasteiger charge is 2.14. The SMILES string of the molecule is CC(C)CC(Nc1ncc2ccc(F)cc2n1)c1ccccc1. The minimum Gasteiger partial charge on any atom is -0.347 e. The van der Waals surface area contributed by atoms with E-state index in [1.54, 1.807) is 12.3 Å². The number of aromatic nitrogens is 2. The molecule has 1 unspecified atom stereocenters. The highest BCUT2D eigenvalue weighted by atomic mass is 19.1. The van der Waals surface area contributed by atoms with Crippen LogP contribution in [0.2, 0.25) is 0 Å². The lowest BCUT2D eigenvalue weighted by Crippen LogP contribution is -2.15. The minimum absolute atomic E-state index is 0.127. The summed E-state index contributed by atoms with van der Waals surface area (Å²) in [5.41, 5.74) is 1.81. The first-order valence-electron chi connectivity index (χ1n) is 7.85. The molecule has 1 N–H and O–H groups in total. The van der Waals surface area contributed by atoms with E-state index in [1.165, 1.54) is 17.7 Å². The molecule has 0 bridgehead atoms. The van der Waals surface area contributed by atoms with Gasteiger partial charge in [-0.25, -0.2) is 14.4 Å². The van der Waals surface area contributed by atoms with E-state index in [9.17, 15) is 4.39 Å². The normalized spacial score (nSPS) is 12.5. The lowest BCUT2D eigenvalue weighted by Gasteiger charge is -2.21. The first kappa shape index (κ1) is 15.4. The van der Waals surface area contributed by atoms with Crippen LogP contribution in [0, 0.1) is 11.7 Å². The molecule has 0 aliphatic heterocycles. The van der Waals surface area contributed by atoms with Crippen LogP contribution >= 0.6 is 0 Å². The Labute approximate surface area is 135 Å². The van der Waals surface area contributed by atoms with Crippen LogP contribution in [-0.4, -0.2) is 9.97 Å². The number of fused-ring (bicyclic) bond motifs is 1. The van der Waals surface area contributed by atoms with Crippen LogP contribution in [0.3, 0.4) is 0 Å². The van der Waals surface area contributed by atoms with Crippen molar-refractivity contribution in [1.82, 2.24) is 9.97 Å². The fourth-order valence-corrected chi connectivity index (χ4v) is 2.66. The molecule has 4 heteroatoms. The molecule has 0 saturated heterocycles. The van der Waals surface area contributed by atoms with E-state index in [4.69, 9.17) is 0 Å². The Hall–Kier alpha value is -2.49. The second-order valence-corrected chi connectivity index (χ2v) is 6.13. The molecule has 3 aromatic rings. The van der Waals surface area contributed by atoms with Crippen molar-refractivity contribution in [2.45, 2.75) is 26.3 Å². The first-order chi connectivity index (χ1) is 11.1. The summed E-state index contributed by atoms with van der Waals surface area (Å²) < 4.78 is 13.4. The van der Waals surface area contributed by atoms with Crippen LogP contribution in [0.1, 0.15) is 31.9 Å². The van der Waals surface area contributed by atoms with Crippen molar-refractivity contribution in [3.63, 3.8) is 0 Å². The molecule has 1 aromatic heterocycles. The number of nitrogens with one attached hydrogen (secondary N) is 1. The highest BCUT2D eigenvalue weighted by Crippen LogP contribution is 2.25. The summed E-state index contributed by atoms with van der Waals surface area (Å²) in [4.78, 5) is 8.81. The summed E-state index contributed by atoms with van der Waals surface area (Å²) in [6, 6.07) is 14.9. The summed E-state index contributed by atoms with van der Waals surface area (Å²) in [6.45, 7) is 4.38. The number of halogens is 1. The standard InChI is InChI=1S/C19H20FN3/c1-13(2)10-17(14-6-4-3-5-7-14)22-19-21-12-15-8-9-16(20)11-18(15)23-19/h3-9,11-13,17H,10H2,1-2H3,(H,21,22,23). The summed E-state index contributed by atoms with van der Waals surface area (Å²) in [6.07, 6.45) is 2.69. The number of nitrogens with zero attached hydrogens (tertiary/aromatic N) is 2. The van der Waals surface area contributed by atoms with E-state index in [0.717, 1.165) is 11.8 Å². The molecular formula is C19H20FN3. The summed E-state index contributed by atoms with van der Waals surface area (Å²) in [5, 5.41) is 4.22. The van der Waals surface area contributed by atoms with E-state index in [2.05, 4.69) is 41.3 Å². The molecule has 0 amide bonds. The van der Waals surface area contributed by atoms with Crippen molar-refractivity contribution in [1.29, 1.82) is 0 Å². The van der Waals surface area contributed by atoms with E-state index in [0.29, 0.717) is 17.4 Å². The molecule has 0 radical (unpaired) electrons. The van der Waals surface area contributed by atoms with Gasteiger partial charge in [0.15, 0.2) is 0 Å². The molecule has 0 aliphatic carbocycles. The Morgan fingerprint density at radius 3 is 2.61 bits per heavy atom. The molecule has 3 rings (SSSR count). The summed E-state index contributed by atoms with van der Waals surface area (Å²) in [5.74, 6) is 0.771. The van der Waals surface area contributed by atoms with Gasteiger partial charge in [0.05, 0.1) is 11.6 Å². The topological polar surface area (TPSA) is 37.8 Å². The molecule has 23 heavy (non-hydrogen) atoms. The zero-order valence-electron chi connectivity index (χ0n) is 13.3. The van der Waals surface area contributed by atoms with Gasteiger partial charge in [0.1, 0.15) is 5.82 Å². The van der Waals surface area contributed by atoms with Crippen molar-refractivity contribution in [2.24, 2.45) is 5.92 Å². The molecule has 118 valence electrons. The zero-order chi connectivity index (χ0) is 16.2. The van der Waals surface area contributed by atoms with Gasteiger partial charge in [0, 0.05) is 17.6 Å². The second-order valence-electron chi connectivity index (χ2n) is 6.13. The minimum atomic E-state index is -0.288. The van der Waals surface area contributed by atoms with Crippen LogP contribution in [0.5, 0.6) is 0 Å². The lowest BCUT2D eigenvalue weighted by molar-refractivity contribution is 0.529. The number of anilines is 1. The Morgan fingerprint density at radius 2 is 1.87 bits per heavy atom. The van der Waals surface area contributed by atoms with Crippen LogP contribution in [-0.2, 0) is 0 Å². The van der Waals surface area contributed by atoms with Gasteiger partial charge in [-0.1, -0.05) is 44.2 Å². The van der Waals surface area contributed by atoms with Crippen LogP contribution < -0.4 is 5.32 Å². The number of hydrogen-bond donors (Lipinski definition) is 1. The molecule has 0 saturated carbocycles. The highest BCUT2D eigenvalue weighted by molar-refractivity contribution is 5.78. The zero-order valence-corrected chi connectivity index (χ0v) is 13.3. The smallest absolute Gasteiger partial charge is 0.223 e. The monoisotopic (exact) mass is 309 g/mol. The van der Waals surface area contributed by atoms with E-state index in [-0.39, 0.29) is 11.9 Å². The predicted octanol–water partition coefficient (Wildman–Crippen LogP) is 4.97. The quantitative estimate of drug-likeness (QED) is 0.723. The van der Waals surface area contributed by atoms with Gasteiger partial charge in [-0.05, 0) is 30.0 Å². The van der Waals surface area contributed by atoms with Gasteiger partial charge >= 0.3 is 0 Å². The molecule has 0 aliphatic rings. The lowest BCUT2D eigenvalue weighted by atomic mass is 9.97. The Kier molecular flexibility index (Phi) is 4.51. The number of benzene rings is 2. The van der Waals surface area contributed by atoms with E-state index in [1.807, 2.05) is 18.2 Å². The average Bonchev–Trinajstić information content (AvgIpc) is 2.54. The molecule has 1 atom stereocenters. The fraction of sp³-hybridized carbons (Fsp3) is 0.263. The third-order valence-electron chi connectivity index (χ3n) is 3.76. The van der Waals surface area contributed by atoms with Crippen LogP contribution in [0.25, 0.3) is 10.9 Å². The summed E-state index contributed by atoms with van der Waals surface area (Å²) >= 11 is 0. The number of rotatable bonds is 5. The maximum Gasteiger partial charge on any atom is 0.223 e. The van der Waals surface area contributed by atoms with Gasteiger partial charge in [0.2, 0.25) is 5.95 Å². The molecular weight excluding hydrogens is 289 g/mol. The molecule has 0 spiro atoms. The second kappa shape index (κ2) is 6.73. The van der Waals surface area contributed by atoms with Crippen molar-refractivity contribution in [3.05, 3.63) is 66.1 Å². The average molecular weight is 309 g/mol. The summed E-state index contributed by atoms with van der Waals surface area (Å²) in [7, 11) is 0. The maximum atomic E-state index is 13.4. The van der Waals surface area contributed by atoms with Crippen molar-refractivity contribution < 1.29 is 4.39 Å². The predicted molar refractivity (Wildman–Crippen MR) is 91.8 cm³/mol. The van der Waals surface area contributed by atoms with Gasteiger partial charge < -0.3 is 5.32 Å². The van der Waals surface area contributed by atoms with E-state index < -0.39 is 0 Å². The number of hydrogen-bond acceptors (Lipinski definition) is 3. The Bertz CT molecular complexity index is 787. The van der Waals surface area contributed by atoms with Crippen molar-refractivity contribution in [3.8, 4) is 0 Å². The first-order valence-corrected chi connectivity index (χ1v) is 7.85. The molecule has 3 nitrogen and oxygen atoms in total. The molecule has 2 aromatic carbocycles. The van der Waals surface area contributed by atoms with Crippen molar-refractivity contribution >= 4 is 16.9 Å². The van der Waals surface area contributed by atoms with E-state index >= 15 is 0 Å². The van der Waals surface area contributed by atoms with Crippen LogP contribution in [0.15, 0.2) is 54.7 Å².